The van der Waals surface area contributed by atoms with Gasteiger partial charge in [0.2, 0.25) is 5.95 Å². The van der Waals surface area contributed by atoms with Crippen LogP contribution in [0.15, 0.2) is 71.4 Å². The van der Waals surface area contributed by atoms with Gasteiger partial charge in [-0.15, -0.1) is 5.10 Å². The lowest BCUT2D eigenvalue weighted by Gasteiger charge is -2.06. The SMILES string of the molecule is Cc1ccccc1OCc1ccc(C(=O)Nc2ncn(Cc3ccc(Cl)cc3)n2)o1. The molecule has 0 fully saturated rings. The maximum absolute atomic E-state index is 12.4. The Bertz CT molecular complexity index is 1150. The number of aryl methyl sites for hydroxylation is 1. The van der Waals surface area contributed by atoms with Crippen molar-refractivity contribution >= 4 is 23.5 Å². The van der Waals surface area contributed by atoms with Crippen LogP contribution in [-0.4, -0.2) is 20.7 Å². The predicted octanol–water partition coefficient (Wildman–Crippen LogP) is 4.71. The van der Waals surface area contributed by atoms with Gasteiger partial charge < -0.3 is 9.15 Å². The van der Waals surface area contributed by atoms with Crippen LogP contribution in [-0.2, 0) is 13.2 Å². The van der Waals surface area contributed by atoms with Crippen molar-refractivity contribution in [2.24, 2.45) is 0 Å². The molecular formula is C22H19ClN4O3. The molecule has 0 unspecified atom stereocenters. The normalized spacial score (nSPS) is 10.7. The first kappa shape index (κ1) is 19.7. The van der Waals surface area contributed by atoms with Crippen LogP contribution in [0.25, 0.3) is 0 Å². The fourth-order valence-electron chi connectivity index (χ4n) is 2.81. The van der Waals surface area contributed by atoms with Crippen molar-refractivity contribution < 1.29 is 13.9 Å². The van der Waals surface area contributed by atoms with E-state index >= 15 is 0 Å². The van der Waals surface area contributed by atoms with Crippen LogP contribution in [0.1, 0.15) is 27.4 Å². The third-order valence-electron chi connectivity index (χ3n) is 4.37. The number of halogens is 1. The third-order valence-corrected chi connectivity index (χ3v) is 4.62. The van der Waals surface area contributed by atoms with Gasteiger partial charge in [-0.3, -0.25) is 10.1 Å². The first-order valence-corrected chi connectivity index (χ1v) is 9.67. The van der Waals surface area contributed by atoms with Crippen LogP contribution in [0.2, 0.25) is 5.02 Å². The summed E-state index contributed by atoms with van der Waals surface area (Å²) in [5, 5.41) is 7.57. The number of rotatable bonds is 7. The third kappa shape index (κ3) is 4.87. The van der Waals surface area contributed by atoms with Crippen LogP contribution in [0.3, 0.4) is 0 Å². The number of nitrogens with zero attached hydrogens (tertiary/aromatic N) is 3. The highest BCUT2D eigenvalue weighted by molar-refractivity contribution is 6.30. The average molecular weight is 423 g/mol. The zero-order valence-corrected chi connectivity index (χ0v) is 17.0. The highest BCUT2D eigenvalue weighted by atomic mass is 35.5. The molecule has 1 amide bonds. The highest BCUT2D eigenvalue weighted by Gasteiger charge is 2.14. The number of carbonyl (C=O) groups excluding carboxylic acids is 1. The molecule has 0 aliphatic heterocycles. The molecule has 2 heterocycles. The summed E-state index contributed by atoms with van der Waals surface area (Å²) in [7, 11) is 0. The highest BCUT2D eigenvalue weighted by Crippen LogP contribution is 2.19. The second-order valence-electron chi connectivity index (χ2n) is 6.67. The summed E-state index contributed by atoms with van der Waals surface area (Å²) < 4.78 is 12.9. The Kier molecular flexibility index (Phi) is 5.81. The Labute approximate surface area is 178 Å². The summed E-state index contributed by atoms with van der Waals surface area (Å²) >= 11 is 5.89. The standard InChI is InChI=1S/C22H19ClN4O3/c1-15-4-2-3-5-19(15)29-13-18-10-11-20(30-18)21(28)25-22-24-14-27(26-22)12-16-6-8-17(23)9-7-16/h2-11,14H,12-13H2,1H3,(H,25,26,28). The number of hydrogen-bond donors (Lipinski definition) is 1. The van der Waals surface area contributed by atoms with E-state index in [9.17, 15) is 4.79 Å². The van der Waals surface area contributed by atoms with Gasteiger partial charge in [-0.2, -0.15) is 0 Å². The molecule has 0 aliphatic rings. The minimum Gasteiger partial charge on any atom is -0.485 e. The number of anilines is 1. The molecule has 8 heteroatoms. The summed E-state index contributed by atoms with van der Waals surface area (Å²) in [4.78, 5) is 16.5. The monoisotopic (exact) mass is 422 g/mol. The molecule has 0 bridgehead atoms. The molecule has 2 aromatic carbocycles. The maximum Gasteiger partial charge on any atom is 0.293 e. The van der Waals surface area contributed by atoms with Crippen LogP contribution in [0, 0.1) is 6.92 Å². The van der Waals surface area contributed by atoms with E-state index in [-0.39, 0.29) is 18.3 Å². The zero-order valence-electron chi connectivity index (χ0n) is 16.2. The van der Waals surface area contributed by atoms with E-state index in [1.54, 1.807) is 23.1 Å². The molecule has 0 spiro atoms. The van der Waals surface area contributed by atoms with Crippen LogP contribution >= 0.6 is 11.6 Å². The van der Waals surface area contributed by atoms with Gasteiger partial charge in [-0.05, 0) is 48.4 Å². The first-order valence-electron chi connectivity index (χ1n) is 9.29. The van der Waals surface area contributed by atoms with E-state index in [1.165, 1.54) is 0 Å². The summed E-state index contributed by atoms with van der Waals surface area (Å²) in [6.45, 7) is 2.71. The number of aromatic nitrogens is 3. The topological polar surface area (TPSA) is 82.2 Å². The first-order chi connectivity index (χ1) is 14.6. The number of para-hydroxylation sites is 1. The lowest BCUT2D eigenvalue weighted by molar-refractivity contribution is 0.0991. The Morgan fingerprint density at radius 2 is 1.93 bits per heavy atom. The molecule has 1 N–H and O–H groups in total. The Morgan fingerprint density at radius 3 is 2.73 bits per heavy atom. The molecule has 2 aromatic heterocycles. The summed E-state index contributed by atoms with van der Waals surface area (Å²) in [5.74, 6) is 1.25. The van der Waals surface area contributed by atoms with E-state index in [1.807, 2.05) is 55.5 Å². The van der Waals surface area contributed by atoms with Crippen LogP contribution in [0.5, 0.6) is 5.75 Å². The molecule has 0 radical (unpaired) electrons. The van der Waals surface area contributed by atoms with Crippen molar-refractivity contribution in [1.29, 1.82) is 0 Å². The molecule has 7 nitrogen and oxygen atoms in total. The second kappa shape index (κ2) is 8.84. The molecule has 4 rings (SSSR count). The molecular weight excluding hydrogens is 404 g/mol. The minimum atomic E-state index is -0.429. The van der Waals surface area contributed by atoms with Gasteiger partial charge in [0.1, 0.15) is 24.4 Å². The number of furan rings is 1. The molecule has 0 aliphatic carbocycles. The smallest absolute Gasteiger partial charge is 0.293 e. The van der Waals surface area contributed by atoms with E-state index in [0.717, 1.165) is 16.9 Å². The zero-order chi connectivity index (χ0) is 20.9. The van der Waals surface area contributed by atoms with Gasteiger partial charge in [0.15, 0.2) is 5.76 Å². The van der Waals surface area contributed by atoms with Crippen LogP contribution in [0.4, 0.5) is 5.95 Å². The van der Waals surface area contributed by atoms with E-state index in [2.05, 4.69) is 15.4 Å². The lowest BCUT2D eigenvalue weighted by atomic mass is 10.2. The van der Waals surface area contributed by atoms with Crippen molar-refractivity contribution in [2.75, 3.05) is 5.32 Å². The number of carbonyl (C=O) groups is 1. The molecule has 152 valence electrons. The van der Waals surface area contributed by atoms with Crippen molar-refractivity contribution in [3.8, 4) is 5.75 Å². The summed E-state index contributed by atoms with van der Waals surface area (Å²) in [6.07, 6.45) is 1.55. The minimum absolute atomic E-state index is 0.160. The number of nitrogens with one attached hydrogen (secondary N) is 1. The van der Waals surface area contributed by atoms with E-state index in [0.29, 0.717) is 17.3 Å². The predicted molar refractivity (Wildman–Crippen MR) is 113 cm³/mol. The average Bonchev–Trinajstić information content (AvgIpc) is 3.39. The van der Waals surface area contributed by atoms with Crippen molar-refractivity contribution in [3.05, 3.63) is 94.7 Å². The maximum atomic E-state index is 12.4. The van der Waals surface area contributed by atoms with Crippen molar-refractivity contribution in [2.45, 2.75) is 20.1 Å². The number of benzene rings is 2. The number of amides is 1. The molecule has 0 atom stereocenters. The summed E-state index contributed by atoms with van der Waals surface area (Å²) in [5.41, 5.74) is 2.05. The fourth-order valence-corrected chi connectivity index (χ4v) is 2.94. The van der Waals surface area contributed by atoms with Gasteiger partial charge in [0, 0.05) is 5.02 Å². The van der Waals surface area contributed by atoms with Gasteiger partial charge in [0.25, 0.3) is 5.91 Å². The van der Waals surface area contributed by atoms with Crippen LogP contribution < -0.4 is 10.1 Å². The van der Waals surface area contributed by atoms with Gasteiger partial charge in [-0.1, -0.05) is 41.9 Å². The largest absolute Gasteiger partial charge is 0.485 e. The van der Waals surface area contributed by atoms with Gasteiger partial charge >= 0.3 is 0 Å². The Hall–Kier alpha value is -3.58. The van der Waals surface area contributed by atoms with E-state index in [4.69, 9.17) is 20.8 Å². The quantitative estimate of drug-likeness (QED) is 0.466. The molecule has 0 saturated heterocycles. The lowest BCUT2D eigenvalue weighted by Crippen LogP contribution is -2.12. The van der Waals surface area contributed by atoms with Crippen molar-refractivity contribution in [1.82, 2.24) is 14.8 Å². The molecule has 0 saturated carbocycles. The Morgan fingerprint density at radius 1 is 1.13 bits per heavy atom. The van der Waals surface area contributed by atoms with Gasteiger partial charge in [-0.25, -0.2) is 9.67 Å². The Balaban J connectivity index is 1.34. The summed E-state index contributed by atoms with van der Waals surface area (Å²) in [6, 6.07) is 18.5. The van der Waals surface area contributed by atoms with Crippen molar-refractivity contribution in [3.63, 3.8) is 0 Å². The molecule has 4 aromatic rings. The number of ether oxygens (including phenoxy) is 1. The number of hydrogen-bond acceptors (Lipinski definition) is 5. The fraction of sp³-hybridized carbons (Fsp3) is 0.136. The molecule has 30 heavy (non-hydrogen) atoms. The van der Waals surface area contributed by atoms with Gasteiger partial charge in [0.05, 0.1) is 6.54 Å². The van der Waals surface area contributed by atoms with E-state index < -0.39 is 5.91 Å². The second-order valence-corrected chi connectivity index (χ2v) is 7.10.